The van der Waals surface area contributed by atoms with Crippen molar-refractivity contribution in [1.29, 1.82) is 0 Å². The number of carbonyl (C=O) groups excluding carboxylic acids is 1. The van der Waals surface area contributed by atoms with E-state index in [9.17, 15) is 4.79 Å². The SMILES string of the molecule is CC(C)(C)C(=O)C(Cl)Sc1ccccc1. The van der Waals surface area contributed by atoms with Crippen LogP contribution in [0.2, 0.25) is 0 Å². The second-order valence-electron chi connectivity index (χ2n) is 4.36. The monoisotopic (exact) mass is 242 g/mol. The summed E-state index contributed by atoms with van der Waals surface area (Å²) in [6.45, 7) is 5.66. The Hall–Kier alpha value is -0.470. The first-order valence-corrected chi connectivity index (χ1v) is 6.13. The largest absolute Gasteiger partial charge is 0.296 e. The van der Waals surface area contributed by atoms with Gasteiger partial charge in [0.2, 0.25) is 0 Å². The number of hydrogen-bond acceptors (Lipinski definition) is 2. The van der Waals surface area contributed by atoms with Crippen molar-refractivity contribution >= 4 is 29.1 Å². The summed E-state index contributed by atoms with van der Waals surface area (Å²) in [5.41, 5.74) is -0.381. The summed E-state index contributed by atoms with van der Waals surface area (Å²) in [4.78, 5) is 12.8. The van der Waals surface area contributed by atoms with E-state index in [4.69, 9.17) is 11.6 Å². The highest BCUT2D eigenvalue weighted by Crippen LogP contribution is 2.31. The molecule has 0 N–H and O–H groups in total. The maximum Gasteiger partial charge on any atom is 0.166 e. The number of benzene rings is 1. The molecule has 1 aromatic rings. The molecule has 0 bridgehead atoms. The third kappa shape index (κ3) is 3.88. The van der Waals surface area contributed by atoms with Crippen LogP contribution in [0.5, 0.6) is 0 Å². The number of thioether (sulfide) groups is 1. The minimum Gasteiger partial charge on any atom is -0.296 e. The summed E-state index contributed by atoms with van der Waals surface area (Å²) in [5.74, 6) is 0.0676. The molecule has 0 saturated carbocycles. The normalized spacial score (nSPS) is 13.6. The van der Waals surface area contributed by atoms with Crippen LogP contribution in [0.4, 0.5) is 0 Å². The highest BCUT2D eigenvalue weighted by molar-refractivity contribution is 8.01. The Kier molecular flexibility index (Phi) is 4.23. The zero-order valence-electron chi connectivity index (χ0n) is 9.16. The lowest BCUT2D eigenvalue weighted by Gasteiger charge is -2.19. The van der Waals surface area contributed by atoms with Crippen LogP contribution in [0.15, 0.2) is 35.2 Å². The molecule has 0 amide bonds. The number of alkyl halides is 1. The van der Waals surface area contributed by atoms with Gasteiger partial charge in [-0.3, -0.25) is 4.79 Å². The number of ketones is 1. The molecule has 0 aliphatic heterocycles. The first-order valence-electron chi connectivity index (χ1n) is 4.81. The van der Waals surface area contributed by atoms with Crippen molar-refractivity contribution in [3.8, 4) is 0 Å². The van der Waals surface area contributed by atoms with Crippen LogP contribution < -0.4 is 0 Å². The molecule has 0 spiro atoms. The van der Waals surface area contributed by atoms with Gasteiger partial charge in [0.15, 0.2) is 5.78 Å². The fraction of sp³-hybridized carbons (Fsp3) is 0.417. The molecule has 0 aliphatic carbocycles. The quantitative estimate of drug-likeness (QED) is 0.590. The molecule has 0 aromatic heterocycles. The highest BCUT2D eigenvalue weighted by atomic mass is 35.5. The van der Waals surface area contributed by atoms with Gasteiger partial charge in [-0.25, -0.2) is 0 Å². The molecule has 1 unspecified atom stereocenters. The van der Waals surface area contributed by atoms with E-state index in [1.54, 1.807) is 0 Å². The van der Waals surface area contributed by atoms with Crippen LogP contribution in [0.25, 0.3) is 0 Å². The molecule has 1 aromatic carbocycles. The van der Waals surface area contributed by atoms with Crippen molar-refractivity contribution in [3.63, 3.8) is 0 Å². The minimum absolute atomic E-state index is 0.0676. The first kappa shape index (κ1) is 12.6. The van der Waals surface area contributed by atoms with E-state index in [0.717, 1.165) is 4.90 Å². The van der Waals surface area contributed by atoms with Crippen LogP contribution in [-0.2, 0) is 4.79 Å². The second kappa shape index (κ2) is 5.04. The molecule has 1 rings (SSSR count). The van der Waals surface area contributed by atoms with Crippen molar-refractivity contribution in [2.45, 2.75) is 30.4 Å². The predicted molar refractivity (Wildman–Crippen MR) is 66.4 cm³/mol. The smallest absolute Gasteiger partial charge is 0.166 e. The number of hydrogen-bond donors (Lipinski definition) is 0. The molecular formula is C12H15ClOS. The number of Topliss-reactive ketones (excluding diaryl/α,β-unsaturated/α-hetero) is 1. The molecule has 1 atom stereocenters. The van der Waals surface area contributed by atoms with Gasteiger partial charge in [-0.2, -0.15) is 0 Å². The number of halogens is 1. The summed E-state index contributed by atoms with van der Waals surface area (Å²) in [6.07, 6.45) is 0. The lowest BCUT2D eigenvalue weighted by atomic mass is 9.92. The van der Waals surface area contributed by atoms with Gasteiger partial charge in [0, 0.05) is 10.3 Å². The van der Waals surface area contributed by atoms with Gasteiger partial charge in [-0.1, -0.05) is 50.7 Å². The van der Waals surface area contributed by atoms with Crippen molar-refractivity contribution in [2.24, 2.45) is 5.41 Å². The summed E-state index contributed by atoms with van der Waals surface area (Å²) >= 11 is 7.46. The summed E-state index contributed by atoms with van der Waals surface area (Å²) in [7, 11) is 0. The zero-order valence-corrected chi connectivity index (χ0v) is 10.7. The average Bonchev–Trinajstić information content (AvgIpc) is 2.16. The van der Waals surface area contributed by atoms with Crippen molar-refractivity contribution in [2.75, 3.05) is 0 Å². The standard InChI is InChI=1S/C12H15ClOS/c1-12(2,3)10(14)11(13)15-9-7-5-4-6-8-9/h4-8,11H,1-3H3. The van der Waals surface area contributed by atoms with Gasteiger partial charge in [0.05, 0.1) is 0 Å². The number of carbonyl (C=O) groups is 1. The van der Waals surface area contributed by atoms with Gasteiger partial charge >= 0.3 is 0 Å². The Labute approximate surface area is 100 Å². The van der Waals surface area contributed by atoms with Crippen LogP contribution >= 0.6 is 23.4 Å². The average molecular weight is 243 g/mol. The van der Waals surface area contributed by atoms with Crippen molar-refractivity contribution in [1.82, 2.24) is 0 Å². The molecule has 1 nitrogen and oxygen atoms in total. The first-order chi connectivity index (χ1) is 6.91. The second-order valence-corrected chi connectivity index (χ2v) is 6.23. The van der Waals surface area contributed by atoms with E-state index in [2.05, 4.69) is 0 Å². The van der Waals surface area contributed by atoms with Crippen LogP contribution in [0.1, 0.15) is 20.8 Å². The fourth-order valence-corrected chi connectivity index (χ4v) is 2.66. The Balaban J connectivity index is 2.65. The zero-order chi connectivity index (χ0) is 11.5. The summed E-state index contributed by atoms with van der Waals surface area (Å²) < 4.78 is -0.507. The maximum atomic E-state index is 11.8. The van der Waals surface area contributed by atoms with E-state index in [0.29, 0.717) is 0 Å². The molecule has 0 fully saturated rings. The molecule has 0 heterocycles. The highest BCUT2D eigenvalue weighted by Gasteiger charge is 2.28. The van der Waals surface area contributed by atoms with Gasteiger partial charge in [0.25, 0.3) is 0 Å². The summed E-state index contributed by atoms with van der Waals surface area (Å²) in [6, 6.07) is 9.73. The Bertz CT molecular complexity index is 329. The van der Waals surface area contributed by atoms with Crippen LogP contribution in [0, 0.1) is 5.41 Å². The van der Waals surface area contributed by atoms with Gasteiger partial charge in [0.1, 0.15) is 4.71 Å². The van der Waals surface area contributed by atoms with E-state index >= 15 is 0 Å². The van der Waals surface area contributed by atoms with Crippen LogP contribution in [0.3, 0.4) is 0 Å². The molecule has 3 heteroatoms. The van der Waals surface area contributed by atoms with E-state index in [1.807, 2.05) is 51.1 Å². The Morgan fingerprint density at radius 1 is 1.27 bits per heavy atom. The molecule has 0 radical (unpaired) electrons. The molecule has 0 aliphatic rings. The van der Waals surface area contributed by atoms with Gasteiger partial charge < -0.3 is 0 Å². The van der Waals surface area contributed by atoms with Gasteiger partial charge in [-0.05, 0) is 12.1 Å². The Morgan fingerprint density at radius 3 is 2.27 bits per heavy atom. The maximum absolute atomic E-state index is 11.8. The number of rotatable bonds is 3. The molecule has 15 heavy (non-hydrogen) atoms. The van der Waals surface area contributed by atoms with Gasteiger partial charge in [-0.15, -0.1) is 11.6 Å². The lowest BCUT2D eigenvalue weighted by Crippen LogP contribution is -2.26. The van der Waals surface area contributed by atoms with E-state index < -0.39 is 4.71 Å². The predicted octanol–water partition coefficient (Wildman–Crippen LogP) is 3.96. The third-order valence-corrected chi connectivity index (χ3v) is 3.36. The van der Waals surface area contributed by atoms with Crippen molar-refractivity contribution < 1.29 is 4.79 Å². The molecule has 82 valence electrons. The minimum atomic E-state index is -0.507. The molecular weight excluding hydrogens is 228 g/mol. The molecule has 0 saturated heterocycles. The fourth-order valence-electron chi connectivity index (χ4n) is 1.01. The Morgan fingerprint density at radius 2 is 1.80 bits per heavy atom. The van der Waals surface area contributed by atoms with E-state index in [1.165, 1.54) is 11.8 Å². The third-order valence-electron chi connectivity index (χ3n) is 1.93. The van der Waals surface area contributed by atoms with Crippen LogP contribution in [-0.4, -0.2) is 10.5 Å². The lowest BCUT2D eigenvalue weighted by molar-refractivity contribution is -0.124. The topological polar surface area (TPSA) is 17.1 Å². The summed E-state index contributed by atoms with van der Waals surface area (Å²) in [5, 5.41) is 0. The van der Waals surface area contributed by atoms with Crippen molar-refractivity contribution in [3.05, 3.63) is 30.3 Å². The van der Waals surface area contributed by atoms with E-state index in [-0.39, 0.29) is 11.2 Å².